The number of para-hydroxylation sites is 1. The van der Waals surface area contributed by atoms with E-state index in [0.717, 1.165) is 33.4 Å². The Bertz CT molecular complexity index is 2140. The minimum absolute atomic E-state index is 0.143. The summed E-state index contributed by atoms with van der Waals surface area (Å²) in [6.45, 7) is 0.249. The zero-order valence-corrected chi connectivity index (χ0v) is 23.5. The van der Waals surface area contributed by atoms with Crippen molar-refractivity contribution in [2.24, 2.45) is 0 Å². The van der Waals surface area contributed by atoms with Crippen molar-refractivity contribution in [2.75, 3.05) is 0 Å². The van der Waals surface area contributed by atoms with E-state index in [-0.39, 0.29) is 22.3 Å². The van der Waals surface area contributed by atoms with Crippen LogP contribution in [0.25, 0.3) is 39.6 Å². The largest absolute Gasteiger partial charge is 0.355 e. The Balaban J connectivity index is 1.48. The lowest BCUT2D eigenvalue weighted by Gasteiger charge is -2.06. The molecule has 0 spiro atoms. The van der Waals surface area contributed by atoms with Gasteiger partial charge in [0.1, 0.15) is 16.2 Å². The van der Waals surface area contributed by atoms with E-state index in [1.165, 1.54) is 4.57 Å². The fourth-order valence-corrected chi connectivity index (χ4v) is 5.76. The molecule has 9 heteroatoms. The van der Waals surface area contributed by atoms with Crippen LogP contribution in [0.5, 0.6) is 0 Å². The van der Waals surface area contributed by atoms with Gasteiger partial charge in [0.25, 0.3) is 11.5 Å². The number of hydrogen-bond donors (Lipinski definition) is 1. The number of nitrogens with zero attached hydrogens (tertiary/aromatic N) is 3. The van der Waals surface area contributed by atoms with Gasteiger partial charge in [-0.1, -0.05) is 71.4 Å². The number of nitrogens with one attached hydrogen (secondary N) is 1. The summed E-state index contributed by atoms with van der Waals surface area (Å²) in [5.41, 5.74) is 3.18. The fourth-order valence-electron chi connectivity index (χ4n) is 4.53. The van der Waals surface area contributed by atoms with Gasteiger partial charge in [-0.3, -0.25) is 14.2 Å². The van der Waals surface area contributed by atoms with Gasteiger partial charge < -0.3 is 9.84 Å². The number of halogens is 1. The van der Waals surface area contributed by atoms with Crippen LogP contribution in [0.3, 0.4) is 0 Å². The molecule has 0 aliphatic carbocycles. The minimum atomic E-state index is -0.558. The first-order chi connectivity index (χ1) is 20.5. The molecule has 0 atom stereocenters. The quantitative estimate of drug-likeness (QED) is 0.289. The second-order valence-electron chi connectivity index (χ2n) is 9.34. The van der Waals surface area contributed by atoms with Crippen molar-refractivity contribution in [3.63, 3.8) is 0 Å². The van der Waals surface area contributed by atoms with Gasteiger partial charge >= 0.3 is 0 Å². The molecule has 0 saturated carbocycles. The molecule has 204 valence electrons. The van der Waals surface area contributed by atoms with Gasteiger partial charge in [0, 0.05) is 17.1 Å². The summed E-state index contributed by atoms with van der Waals surface area (Å²) in [6.07, 6.45) is 1.74. The lowest BCUT2D eigenvalue weighted by atomic mass is 10.1. The van der Waals surface area contributed by atoms with Crippen LogP contribution >= 0.6 is 22.9 Å². The predicted molar refractivity (Wildman–Crippen MR) is 164 cm³/mol. The Kier molecular flexibility index (Phi) is 7.52. The Morgan fingerprint density at radius 3 is 2.43 bits per heavy atom. The summed E-state index contributed by atoms with van der Waals surface area (Å²) < 4.78 is 7.65. The van der Waals surface area contributed by atoms with Gasteiger partial charge in [0.05, 0.1) is 15.6 Å². The third-order valence-corrected chi connectivity index (χ3v) is 7.94. The van der Waals surface area contributed by atoms with Crippen LogP contribution in [0, 0.1) is 11.3 Å². The van der Waals surface area contributed by atoms with Crippen molar-refractivity contribution in [2.45, 2.75) is 6.54 Å². The number of amides is 1. The van der Waals surface area contributed by atoms with E-state index in [2.05, 4.69) is 10.5 Å². The number of thiazole rings is 1. The Labute approximate surface area is 248 Å². The normalized spacial score (nSPS) is 12.2. The molecule has 1 amide bonds. The number of fused-ring (bicyclic) bond motifs is 1. The number of carbonyl (C=O) groups excluding carboxylic acids is 1. The van der Waals surface area contributed by atoms with Crippen LogP contribution in [-0.2, 0) is 11.3 Å². The zero-order chi connectivity index (χ0) is 29.1. The number of nitriles is 1. The van der Waals surface area contributed by atoms with Crippen LogP contribution in [0.1, 0.15) is 11.1 Å². The summed E-state index contributed by atoms with van der Waals surface area (Å²) in [4.78, 5) is 27.0. The van der Waals surface area contributed by atoms with Crippen LogP contribution in [0.4, 0.5) is 0 Å². The van der Waals surface area contributed by atoms with Crippen LogP contribution in [0.15, 0.2) is 112 Å². The summed E-state index contributed by atoms with van der Waals surface area (Å²) in [7, 11) is 0. The maximum atomic E-state index is 13.8. The first kappa shape index (κ1) is 27.0. The van der Waals surface area contributed by atoms with E-state index < -0.39 is 5.91 Å². The number of benzene rings is 4. The molecule has 0 aliphatic heterocycles. The van der Waals surface area contributed by atoms with Crippen molar-refractivity contribution in [3.05, 3.63) is 139 Å². The maximum absolute atomic E-state index is 13.8. The lowest BCUT2D eigenvalue weighted by Crippen LogP contribution is -2.33. The van der Waals surface area contributed by atoms with E-state index in [1.807, 2.05) is 72.8 Å². The summed E-state index contributed by atoms with van der Waals surface area (Å²) in [5.74, 6) is 0.0259. The van der Waals surface area contributed by atoms with E-state index in [1.54, 1.807) is 42.5 Å². The monoisotopic (exact) mass is 588 g/mol. The van der Waals surface area contributed by atoms with Crippen molar-refractivity contribution >= 4 is 51.4 Å². The molecular formula is C33H21ClN4O3S. The smallest absolute Gasteiger partial charge is 0.273 e. The van der Waals surface area contributed by atoms with Gasteiger partial charge in [-0.05, 0) is 65.7 Å². The van der Waals surface area contributed by atoms with Gasteiger partial charge in [-0.2, -0.15) is 5.26 Å². The summed E-state index contributed by atoms with van der Waals surface area (Å²) in [5, 5.41) is 18.4. The highest BCUT2D eigenvalue weighted by Gasteiger charge is 2.17. The third-order valence-electron chi connectivity index (χ3n) is 6.59. The Morgan fingerprint density at radius 2 is 1.71 bits per heavy atom. The average molecular weight is 589 g/mol. The SMILES string of the molecule is N#C/C(C(=O)NCc1ccccc1)=c1/s/c(=C/c2ccc3noc(-c4ccc(Cl)cc4)c3c2)c(=O)n1-c1ccccc1. The molecule has 0 fully saturated rings. The van der Waals surface area contributed by atoms with Crippen LogP contribution < -0.4 is 20.1 Å². The maximum Gasteiger partial charge on any atom is 0.273 e. The molecule has 0 unspecified atom stereocenters. The number of hydrogen-bond acceptors (Lipinski definition) is 6. The molecule has 1 N–H and O–H groups in total. The van der Waals surface area contributed by atoms with E-state index in [4.69, 9.17) is 16.1 Å². The highest BCUT2D eigenvalue weighted by atomic mass is 35.5. The van der Waals surface area contributed by atoms with Crippen molar-refractivity contribution in [1.29, 1.82) is 5.26 Å². The second kappa shape index (κ2) is 11.7. The van der Waals surface area contributed by atoms with E-state index >= 15 is 0 Å². The van der Waals surface area contributed by atoms with Gasteiger partial charge in [0.2, 0.25) is 0 Å². The first-order valence-corrected chi connectivity index (χ1v) is 14.1. The first-order valence-electron chi connectivity index (χ1n) is 12.9. The molecule has 4 aromatic carbocycles. The number of aromatic nitrogens is 2. The highest BCUT2D eigenvalue weighted by molar-refractivity contribution is 7.07. The minimum Gasteiger partial charge on any atom is -0.355 e. The van der Waals surface area contributed by atoms with Crippen molar-refractivity contribution in [1.82, 2.24) is 15.0 Å². The summed E-state index contributed by atoms with van der Waals surface area (Å²) >= 11 is 7.14. The number of rotatable bonds is 6. The van der Waals surface area contributed by atoms with E-state index in [0.29, 0.717) is 26.5 Å². The zero-order valence-electron chi connectivity index (χ0n) is 22.0. The van der Waals surface area contributed by atoms with Gasteiger partial charge in [-0.25, -0.2) is 0 Å². The van der Waals surface area contributed by atoms with Gasteiger partial charge in [0.15, 0.2) is 11.3 Å². The predicted octanol–water partition coefficient (Wildman–Crippen LogP) is 5.18. The molecule has 7 nitrogen and oxygen atoms in total. The fraction of sp³-hybridized carbons (Fsp3) is 0.0303. The van der Waals surface area contributed by atoms with Crippen molar-refractivity contribution in [3.8, 4) is 23.1 Å². The highest BCUT2D eigenvalue weighted by Crippen LogP contribution is 2.30. The molecule has 2 aromatic heterocycles. The standard InChI is InChI=1S/C33H21ClN4O3S/c34-24-14-12-23(13-15-24)30-26-17-22(11-16-28(26)37-41-30)18-29-32(40)38(25-9-5-2-6-10-25)33(42-29)27(19-35)31(39)36-20-21-7-3-1-4-8-21/h1-18H,20H2,(H,36,39)/b29-18+,33-27-. The lowest BCUT2D eigenvalue weighted by molar-refractivity contribution is -0.115. The Hall–Kier alpha value is -5.23. The average Bonchev–Trinajstić information content (AvgIpc) is 3.58. The van der Waals surface area contributed by atoms with Crippen LogP contribution in [-0.4, -0.2) is 15.6 Å². The topological polar surface area (TPSA) is 101 Å². The third kappa shape index (κ3) is 5.39. The van der Waals surface area contributed by atoms with Crippen molar-refractivity contribution < 1.29 is 9.32 Å². The molecule has 6 aromatic rings. The number of carbonyl (C=O) groups is 1. The molecular weight excluding hydrogens is 568 g/mol. The molecule has 42 heavy (non-hydrogen) atoms. The molecule has 2 heterocycles. The molecule has 0 bridgehead atoms. The molecule has 0 radical (unpaired) electrons. The molecule has 0 saturated heterocycles. The summed E-state index contributed by atoms with van der Waals surface area (Å²) in [6, 6.07) is 33.2. The molecule has 0 aliphatic rings. The second-order valence-corrected chi connectivity index (χ2v) is 10.8. The van der Waals surface area contributed by atoms with Crippen LogP contribution in [0.2, 0.25) is 5.02 Å². The molecule has 6 rings (SSSR count). The van der Waals surface area contributed by atoms with E-state index in [9.17, 15) is 14.9 Å². The van der Waals surface area contributed by atoms with Gasteiger partial charge in [-0.15, -0.1) is 11.3 Å². The Morgan fingerprint density at radius 1 is 1.00 bits per heavy atom.